The molecular weight excluding hydrogens is 534 g/mol. The van der Waals surface area contributed by atoms with E-state index < -0.39 is 11.2 Å². The van der Waals surface area contributed by atoms with Gasteiger partial charge < -0.3 is 18.8 Å². The lowest BCUT2D eigenvalue weighted by Gasteiger charge is -2.47. The Morgan fingerprint density at radius 1 is 1.14 bits per heavy atom. The molecule has 4 aromatic rings. The van der Waals surface area contributed by atoms with Crippen LogP contribution >= 0.6 is 15.9 Å². The highest BCUT2D eigenvalue weighted by Gasteiger charge is 2.43. The third kappa shape index (κ3) is 4.42. The summed E-state index contributed by atoms with van der Waals surface area (Å²) in [5.74, 6) is 0.193. The van der Waals surface area contributed by atoms with Gasteiger partial charge in [0.15, 0.2) is 0 Å². The number of aryl methyl sites for hydroxylation is 1. The van der Waals surface area contributed by atoms with E-state index in [4.69, 9.17) is 8.83 Å². The summed E-state index contributed by atoms with van der Waals surface area (Å²) in [4.78, 5) is 27.9. The van der Waals surface area contributed by atoms with Crippen molar-refractivity contribution in [1.82, 2.24) is 4.90 Å². The van der Waals surface area contributed by atoms with Crippen LogP contribution in [0.5, 0.6) is 0 Å². The van der Waals surface area contributed by atoms with Crippen LogP contribution in [0.2, 0.25) is 0 Å². The number of piperidine rings is 1. The van der Waals surface area contributed by atoms with Gasteiger partial charge in [0.25, 0.3) is 0 Å². The van der Waals surface area contributed by atoms with Crippen molar-refractivity contribution in [3.8, 4) is 11.1 Å². The molecule has 0 bridgehead atoms. The van der Waals surface area contributed by atoms with E-state index >= 15 is 0 Å². The third-order valence-electron chi connectivity index (χ3n) is 8.51. The number of aliphatic hydroxyl groups is 1. The highest BCUT2D eigenvalue weighted by atomic mass is 79.9. The number of nitrogens with zero attached hydrogens (tertiary/aromatic N) is 1. The summed E-state index contributed by atoms with van der Waals surface area (Å²) in [6.45, 7) is 3.11. The normalized spacial score (nSPS) is 21.9. The molecule has 1 aliphatic carbocycles. The summed E-state index contributed by atoms with van der Waals surface area (Å²) in [6.07, 6.45) is 6.93. The van der Waals surface area contributed by atoms with Gasteiger partial charge in [0.05, 0.1) is 11.9 Å². The van der Waals surface area contributed by atoms with E-state index in [0.29, 0.717) is 42.7 Å². The van der Waals surface area contributed by atoms with Crippen molar-refractivity contribution in [2.24, 2.45) is 5.92 Å². The smallest absolute Gasteiger partial charge is 0.339 e. The first kappa shape index (κ1) is 24.4. The average Bonchev–Trinajstić information content (AvgIpc) is 3.30. The Morgan fingerprint density at radius 3 is 2.76 bits per heavy atom. The van der Waals surface area contributed by atoms with Crippen LogP contribution in [0, 0.1) is 12.8 Å². The number of halogens is 1. The molecule has 2 aliphatic rings. The molecule has 3 heterocycles. The summed E-state index contributed by atoms with van der Waals surface area (Å²) < 4.78 is 12.5. The van der Waals surface area contributed by atoms with Gasteiger partial charge in [0, 0.05) is 57.9 Å². The molecule has 6 rings (SSSR count). The lowest BCUT2D eigenvalue weighted by Crippen LogP contribution is -2.54. The van der Waals surface area contributed by atoms with Gasteiger partial charge in [-0.15, -0.1) is 0 Å². The largest absolute Gasteiger partial charge is 0.464 e. The monoisotopic (exact) mass is 563 g/mol. The van der Waals surface area contributed by atoms with E-state index in [1.807, 2.05) is 42.2 Å². The van der Waals surface area contributed by atoms with Crippen molar-refractivity contribution in [3.63, 3.8) is 0 Å². The summed E-state index contributed by atoms with van der Waals surface area (Å²) in [5, 5.41) is 12.7. The number of fused-ring (bicyclic) bond motifs is 3. The molecule has 1 saturated carbocycles. The maximum atomic E-state index is 13.1. The number of hydrogen-bond acceptors (Lipinski definition) is 5. The fourth-order valence-corrected chi connectivity index (χ4v) is 6.50. The van der Waals surface area contributed by atoms with E-state index in [9.17, 15) is 14.7 Å². The second-order valence-corrected chi connectivity index (χ2v) is 11.5. The molecule has 7 heteroatoms. The number of carbonyl (C=O) groups excluding carboxylic acids is 1. The van der Waals surface area contributed by atoms with E-state index in [0.717, 1.165) is 57.6 Å². The van der Waals surface area contributed by atoms with Crippen molar-refractivity contribution in [2.45, 2.75) is 57.5 Å². The lowest BCUT2D eigenvalue weighted by atomic mass is 9.71. The molecule has 192 valence electrons. The summed E-state index contributed by atoms with van der Waals surface area (Å²) in [7, 11) is 0. The molecule has 1 aliphatic heterocycles. The summed E-state index contributed by atoms with van der Waals surface area (Å²) >= 11 is 3.48. The number of carbonyl (C=O) groups is 1. The number of rotatable bonds is 4. The first-order chi connectivity index (χ1) is 17.8. The molecule has 6 nitrogen and oxygen atoms in total. The van der Waals surface area contributed by atoms with Gasteiger partial charge in [-0.2, -0.15) is 0 Å². The number of amides is 1. The molecule has 0 radical (unpaired) electrons. The van der Waals surface area contributed by atoms with Crippen molar-refractivity contribution in [2.75, 3.05) is 13.1 Å². The second kappa shape index (κ2) is 9.44. The quantitative estimate of drug-likeness (QED) is 0.292. The van der Waals surface area contributed by atoms with Gasteiger partial charge in [-0.3, -0.25) is 4.79 Å². The minimum atomic E-state index is -0.613. The van der Waals surface area contributed by atoms with Crippen molar-refractivity contribution < 1.29 is 18.7 Å². The molecule has 37 heavy (non-hydrogen) atoms. The van der Waals surface area contributed by atoms with E-state index in [1.54, 1.807) is 12.3 Å². The van der Waals surface area contributed by atoms with Crippen LogP contribution in [-0.4, -0.2) is 34.6 Å². The Bertz CT molecular complexity index is 1550. The Kier molecular flexibility index (Phi) is 6.24. The molecule has 2 aromatic heterocycles. The number of hydrogen-bond donors (Lipinski definition) is 1. The highest BCUT2D eigenvalue weighted by Crippen LogP contribution is 2.40. The van der Waals surface area contributed by atoms with Gasteiger partial charge in [0.1, 0.15) is 11.2 Å². The van der Waals surface area contributed by atoms with Crippen LogP contribution in [0.4, 0.5) is 0 Å². The number of likely N-dealkylation sites (tertiary alicyclic amines) is 1. The second-order valence-electron chi connectivity index (χ2n) is 10.6. The summed E-state index contributed by atoms with van der Waals surface area (Å²) in [6, 6.07) is 11.8. The molecule has 1 amide bonds. The first-order valence-corrected chi connectivity index (χ1v) is 13.9. The van der Waals surface area contributed by atoms with E-state index in [2.05, 4.69) is 15.9 Å². The highest BCUT2D eigenvalue weighted by molar-refractivity contribution is 9.10. The van der Waals surface area contributed by atoms with E-state index in [1.165, 1.54) is 0 Å². The average molecular weight is 564 g/mol. The zero-order valence-electron chi connectivity index (χ0n) is 20.9. The predicted molar refractivity (Wildman–Crippen MR) is 147 cm³/mol. The number of furan rings is 1. The van der Waals surface area contributed by atoms with Gasteiger partial charge >= 0.3 is 5.63 Å². The van der Waals surface area contributed by atoms with Gasteiger partial charge in [0.2, 0.25) is 5.91 Å². The standard InChI is InChI=1S/C30H30BrNO5/c1-18-22(9-10-28(33)32-13-12-30(35)11-3-2-4-20(30)16-32)29(34)37-27-15-26-24(14-23(18)27)25(17-36-26)19-5-7-21(31)8-6-19/h5-8,14-15,17,20,35H,2-4,9-13,16H2,1H3/t20-,30+/m1/s1. The molecule has 1 N–H and O–H groups in total. The third-order valence-corrected chi connectivity index (χ3v) is 9.03. The lowest BCUT2D eigenvalue weighted by molar-refractivity contribution is -0.143. The molecule has 1 saturated heterocycles. The Hall–Kier alpha value is -2.90. The minimum Gasteiger partial charge on any atom is -0.464 e. The molecular formula is C30H30BrNO5. The SMILES string of the molecule is Cc1c(CCC(=O)N2CC[C@@]3(O)CCCC[C@@H]3C2)c(=O)oc2cc3occ(-c4ccc(Br)cc4)c3cc12. The Morgan fingerprint density at radius 2 is 1.95 bits per heavy atom. The topological polar surface area (TPSA) is 83.9 Å². The fourth-order valence-electron chi connectivity index (χ4n) is 6.24. The van der Waals surface area contributed by atoms with Crippen LogP contribution in [0.3, 0.4) is 0 Å². The molecule has 0 spiro atoms. The Labute approximate surface area is 223 Å². The van der Waals surface area contributed by atoms with E-state index in [-0.39, 0.29) is 18.2 Å². The predicted octanol–water partition coefficient (Wildman–Crippen LogP) is 6.36. The van der Waals surface area contributed by atoms with Crippen LogP contribution in [0.25, 0.3) is 33.1 Å². The van der Waals surface area contributed by atoms with Crippen LogP contribution < -0.4 is 5.63 Å². The van der Waals surface area contributed by atoms with Crippen LogP contribution in [0.15, 0.2) is 60.8 Å². The van der Waals surface area contributed by atoms with Gasteiger partial charge in [-0.05, 0) is 61.9 Å². The molecule has 2 aromatic carbocycles. The Balaban J connectivity index is 1.26. The van der Waals surface area contributed by atoms with Crippen molar-refractivity contribution in [3.05, 3.63) is 68.7 Å². The zero-order chi connectivity index (χ0) is 25.7. The molecule has 2 atom stereocenters. The molecule has 2 fully saturated rings. The first-order valence-electron chi connectivity index (χ1n) is 13.1. The van der Waals surface area contributed by atoms with Crippen molar-refractivity contribution >= 4 is 43.8 Å². The minimum absolute atomic E-state index is 0.0364. The molecule has 0 unspecified atom stereocenters. The van der Waals surface area contributed by atoms with Crippen LogP contribution in [0.1, 0.15) is 49.7 Å². The van der Waals surface area contributed by atoms with Crippen LogP contribution in [-0.2, 0) is 11.2 Å². The summed E-state index contributed by atoms with van der Waals surface area (Å²) in [5.41, 5.74) is 3.51. The van der Waals surface area contributed by atoms with Crippen molar-refractivity contribution in [1.29, 1.82) is 0 Å². The van der Waals surface area contributed by atoms with Gasteiger partial charge in [-0.1, -0.05) is 40.9 Å². The number of benzene rings is 2. The maximum Gasteiger partial charge on any atom is 0.339 e. The zero-order valence-corrected chi connectivity index (χ0v) is 22.5. The fraction of sp³-hybridized carbons (Fsp3) is 0.400. The van der Waals surface area contributed by atoms with Gasteiger partial charge in [-0.25, -0.2) is 4.79 Å². The maximum absolute atomic E-state index is 13.1.